The SMILES string of the molecule is CC(=O)NC(CCC(N)=O)C(=O)[O-]. The number of carboxylic acid groups (broad SMARTS) is 1. The summed E-state index contributed by atoms with van der Waals surface area (Å²) in [6, 6.07) is -1.15. The van der Waals surface area contributed by atoms with Crippen LogP contribution in [0.15, 0.2) is 0 Å². The quantitative estimate of drug-likeness (QED) is 0.495. The molecule has 13 heavy (non-hydrogen) atoms. The number of rotatable bonds is 5. The fourth-order valence-corrected chi connectivity index (χ4v) is 0.781. The monoisotopic (exact) mass is 187 g/mol. The lowest BCUT2D eigenvalue weighted by molar-refractivity contribution is -0.308. The van der Waals surface area contributed by atoms with Gasteiger partial charge in [0.05, 0.1) is 12.0 Å². The molecule has 0 rings (SSSR count). The van der Waals surface area contributed by atoms with Gasteiger partial charge in [0.2, 0.25) is 11.8 Å². The zero-order chi connectivity index (χ0) is 10.4. The standard InChI is InChI=1S/C7H12N2O4/c1-4(10)9-5(7(12)13)2-3-6(8)11/h5H,2-3H2,1H3,(H2,8,11)(H,9,10)(H,12,13)/p-1. The molecule has 0 spiro atoms. The summed E-state index contributed by atoms with van der Waals surface area (Å²) >= 11 is 0. The first-order valence-corrected chi connectivity index (χ1v) is 3.69. The zero-order valence-corrected chi connectivity index (χ0v) is 7.20. The second kappa shape index (κ2) is 5.13. The molecule has 1 atom stereocenters. The summed E-state index contributed by atoms with van der Waals surface area (Å²) in [5.41, 5.74) is 4.81. The van der Waals surface area contributed by atoms with Crippen LogP contribution in [0.2, 0.25) is 0 Å². The summed E-state index contributed by atoms with van der Waals surface area (Å²) in [5.74, 6) is -2.52. The predicted molar refractivity (Wildman–Crippen MR) is 41.0 cm³/mol. The summed E-state index contributed by atoms with van der Waals surface area (Å²) < 4.78 is 0. The molecule has 0 radical (unpaired) electrons. The summed E-state index contributed by atoms with van der Waals surface area (Å²) in [6.07, 6.45) is -0.143. The van der Waals surface area contributed by atoms with E-state index in [1.54, 1.807) is 0 Å². The van der Waals surface area contributed by atoms with Crippen LogP contribution in [0.25, 0.3) is 0 Å². The molecule has 2 amide bonds. The van der Waals surface area contributed by atoms with Gasteiger partial charge in [0.15, 0.2) is 0 Å². The van der Waals surface area contributed by atoms with Gasteiger partial charge in [0, 0.05) is 13.3 Å². The van der Waals surface area contributed by atoms with Crippen molar-refractivity contribution in [3.63, 3.8) is 0 Å². The highest BCUT2D eigenvalue weighted by molar-refractivity contribution is 5.82. The highest BCUT2D eigenvalue weighted by Crippen LogP contribution is 1.95. The number of carbonyl (C=O) groups excluding carboxylic acids is 3. The molecule has 0 bridgehead atoms. The molecule has 3 N–H and O–H groups in total. The number of hydrogen-bond donors (Lipinski definition) is 2. The van der Waals surface area contributed by atoms with Crippen molar-refractivity contribution in [1.29, 1.82) is 0 Å². The van der Waals surface area contributed by atoms with Gasteiger partial charge in [-0.25, -0.2) is 0 Å². The van der Waals surface area contributed by atoms with Crippen molar-refractivity contribution < 1.29 is 19.5 Å². The van der Waals surface area contributed by atoms with Crippen LogP contribution in [0.5, 0.6) is 0 Å². The van der Waals surface area contributed by atoms with Crippen molar-refractivity contribution in [2.45, 2.75) is 25.8 Å². The lowest BCUT2D eigenvalue weighted by Gasteiger charge is -2.17. The van der Waals surface area contributed by atoms with Gasteiger partial charge in [-0.1, -0.05) is 0 Å². The van der Waals surface area contributed by atoms with E-state index in [0.29, 0.717) is 0 Å². The second-order valence-corrected chi connectivity index (χ2v) is 2.58. The Morgan fingerprint density at radius 3 is 2.31 bits per heavy atom. The van der Waals surface area contributed by atoms with Gasteiger partial charge in [-0.3, -0.25) is 9.59 Å². The van der Waals surface area contributed by atoms with Crippen LogP contribution in [0.4, 0.5) is 0 Å². The van der Waals surface area contributed by atoms with Crippen LogP contribution in [0.3, 0.4) is 0 Å². The summed E-state index contributed by atoms with van der Waals surface area (Å²) in [6.45, 7) is 1.18. The molecule has 74 valence electrons. The number of amides is 2. The van der Waals surface area contributed by atoms with Crippen LogP contribution >= 0.6 is 0 Å². The van der Waals surface area contributed by atoms with Crippen molar-refractivity contribution in [3.8, 4) is 0 Å². The summed E-state index contributed by atoms with van der Waals surface area (Å²) in [5, 5.41) is 12.5. The zero-order valence-electron chi connectivity index (χ0n) is 7.20. The van der Waals surface area contributed by atoms with E-state index in [4.69, 9.17) is 5.73 Å². The van der Waals surface area contributed by atoms with Crippen molar-refractivity contribution >= 4 is 17.8 Å². The van der Waals surface area contributed by atoms with Crippen LogP contribution in [0.1, 0.15) is 19.8 Å². The summed E-state index contributed by atoms with van der Waals surface area (Å²) in [7, 11) is 0. The average molecular weight is 187 g/mol. The third-order valence-corrected chi connectivity index (χ3v) is 1.34. The maximum absolute atomic E-state index is 10.5. The van der Waals surface area contributed by atoms with Crippen LogP contribution in [-0.2, 0) is 14.4 Å². The third kappa shape index (κ3) is 5.66. The molecule has 0 heterocycles. The minimum atomic E-state index is -1.42. The molecule has 0 aromatic rings. The van der Waals surface area contributed by atoms with Gasteiger partial charge >= 0.3 is 0 Å². The first kappa shape index (κ1) is 11.4. The van der Waals surface area contributed by atoms with E-state index in [1.807, 2.05) is 0 Å². The number of nitrogens with one attached hydrogen (secondary N) is 1. The van der Waals surface area contributed by atoms with E-state index in [2.05, 4.69) is 5.32 Å². The van der Waals surface area contributed by atoms with Crippen LogP contribution in [-0.4, -0.2) is 23.8 Å². The third-order valence-electron chi connectivity index (χ3n) is 1.34. The number of hydrogen-bond acceptors (Lipinski definition) is 4. The van der Waals surface area contributed by atoms with Gasteiger partial charge in [-0.15, -0.1) is 0 Å². The Balaban J connectivity index is 4.02. The molecule has 0 saturated heterocycles. The van der Waals surface area contributed by atoms with E-state index in [0.717, 1.165) is 0 Å². The molecule has 6 heteroatoms. The molecule has 6 nitrogen and oxygen atoms in total. The number of carbonyl (C=O) groups is 3. The van der Waals surface area contributed by atoms with Crippen molar-refractivity contribution in [2.24, 2.45) is 5.73 Å². The molecule has 1 unspecified atom stereocenters. The lowest BCUT2D eigenvalue weighted by atomic mass is 10.1. The topological polar surface area (TPSA) is 112 Å². The van der Waals surface area contributed by atoms with E-state index in [9.17, 15) is 19.5 Å². The number of carboxylic acids is 1. The minimum Gasteiger partial charge on any atom is -0.548 e. The van der Waals surface area contributed by atoms with Gasteiger partial charge in [-0.05, 0) is 6.42 Å². The Morgan fingerprint density at radius 1 is 1.46 bits per heavy atom. The smallest absolute Gasteiger partial charge is 0.217 e. The maximum atomic E-state index is 10.5. The van der Waals surface area contributed by atoms with Crippen molar-refractivity contribution in [1.82, 2.24) is 5.32 Å². The average Bonchev–Trinajstić information content (AvgIpc) is 1.96. The van der Waals surface area contributed by atoms with Gasteiger partial charge in [0.1, 0.15) is 0 Å². The first-order chi connectivity index (χ1) is 5.93. The lowest BCUT2D eigenvalue weighted by Crippen LogP contribution is -2.47. The van der Waals surface area contributed by atoms with Crippen molar-refractivity contribution in [3.05, 3.63) is 0 Å². The van der Waals surface area contributed by atoms with Crippen molar-refractivity contribution in [2.75, 3.05) is 0 Å². The molecular formula is C7H11N2O4-. The van der Waals surface area contributed by atoms with E-state index >= 15 is 0 Å². The molecule has 0 aliphatic carbocycles. The Labute approximate surface area is 75.1 Å². The Bertz CT molecular complexity index is 227. The predicted octanol–water partition coefficient (Wildman–Crippen LogP) is -2.49. The molecular weight excluding hydrogens is 176 g/mol. The molecule has 0 aromatic carbocycles. The van der Waals surface area contributed by atoms with Gasteiger partial charge in [0.25, 0.3) is 0 Å². The maximum Gasteiger partial charge on any atom is 0.217 e. The van der Waals surface area contributed by atoms with E-state index < -0.39 is 23.8 Å². The molecule has 0 saturated carbocycles. The number of nitrogens with two attached hydrogens (primary N) is 1. The highest BCUT2D eigenvalue weighted by Gasteiger charge is 2.11. The molecule has 0 aliphatic heterocycles. The highest BCUT2D eigenvalue weighted by atomic mass is 16.4. The molecule has 0 fully saturated rings. The normalized spacial score (nSPS) is 11.8. The minimum absolute atomic E-state index is 0.0444. The molecule has 0 aromatic heterocycles. The Hall–Kier alpha value is -1.59. The first-order valence-electron chi connectivity index (χ1n) is 3.69. The summed E-state index contributed by atoms with van der Waals surface area (Å²) in [4.78, 5) is 31.2. The van der Waals surface area contributed by atoms with Gasteiger partial charge < -0.3 is 21.0 Å². The number of aliphatic carboxylic acids is 1. The van der Waals surface area contributed by atoms with Crippen LogP contribution in [0, 0.1) is 0 Å². The van der Waals surface area contributed by atoms with Crippen LogP contribution < -0.4 is 16.2 Å². The fraction of sp³-hybridized carbons (Fsp3) is 0.571. The largest absolute Gasteiger partial charge is 0.548 e. The van der Waals surface area contributed by atoms with E-state index in [-0.39, 0.29) is 12.8 Å². The Kier molecular flexibility index (Phi) is 4.50. The Morgan fingerprint density at radius 2 is 2.00 bits per heavy atom. The molecule has 0 aliphatic rings. The fourth-order valence-electron chi connectivity index (χ4n) is 0.781. The second-order valence-electron chi connectivity index (χ2n) is 2.58. The van der Waals surface area contributed by atoms with E-state index in [1.165, 1.54) is 6.92 Å². The van der Waals surface area contributed by atoms with Gasteiger partial charge in [-0.2, -0.15) is 0 Å². The number of primary amides is 1.